The largest absolute Gasteiger partial charge is 0.455 e. The molecule has 0 bridgehead atoms. The van der Waals surface area contributed by atoms with E-state index in [4.69, 9.17) is 13.6 Å². The highest BCUT2D eigenvalue weighted by Crippen LogP contribution is 2.23. The Morgan fingerprint density at radius 3 is 2.68 bits per heavy atom. The molecule has 5 nitrogen and oxygen atoms in total. The van der Waals surface area contributed by atoms with E-state index >= 15 is 0 Å². The number of carbonyl (C=O) groups is 1. The van der Waals surface area contributed by atoms with Gasteiger partial charge in [-0.1, -0.05) is 34.1 Å². The maximum absolute atomic E-state index is 12.2. The van der Waals surface area contributed by atoms with Gasteiger partial charge in [-0.05, 0) is 30.3 Å². The first-order valence-electron chi connectivity index (χ1n) is 7.48. The Hall–Kier alpha value is -2.86. The number of benzene rings is 2. The smallest absolute Gasteiger partial charge is 0.374 e. The summed E-state index contributed by atoms with van der Waals surface area (Å²) < 4.78 is 16.8. The molecule has 6 heteroatoms. The number of rotatable bonds is 3. The van der Waals surface area contributed by atoms with Gasteiger partial charge in [0, 0.05) is 26.9 Å². The maximum atomic E-state index is 12.2. The molecule has 4 rings (SSSR count). The molecule has 2 aromatic heterocycles. The van der Waals surface area contributed by atoms with Crippen molar-refractivity contribution < 1.29 is 18.4 Å². The van der Waals surface area contributed by atoms with Crippen molar-refractivity contribution >= 4 is 43.8 Å². The Bertz CT molecular complexity index is 1120. The van der Waals surface area contributed by atoms with E-state index < -0.39 is 11.6 Å². The normalized spacial score (nSPS) is 11.1. The third-order valence-electron chi connectivity index (χ3n) is 3.78. The van der Waals surface area contributed by atoms with Crippen LogP contribution in [0.1, 0.15) is 16.1 Å². The zero-order valence-electron chi connectivity index (χ0n) is 12.8. The summed E-state index contributed by atoms with van der Waals surface area (Å²) in [5.74, 6) is -0.467. The molecule has 0 atom stereocenters. The van der Waals surface area contributed by atoms with Crippen molar-refractivity contribution in [1.82, 2.24) is 0 Å². The first kappa shape index (κ1) is 15.7. The minimum atomic E-state index is -0.588. The molecule has 0 fully saturated rings. The van der Waals surface area contributed by atoms with Gasteiger partial charge in [-0.2, -0.15) is 0 Å². The van der Waals surface area contributed by atoms with E-state index in [1.807, 2.05) is 24.3 Å². The van der Waals surface area contributed by atoms with Crippen LogP contribution in [-0.2, 0) is 11.3 Å². The number of hydrogen-bond donors (Lipinski definition) is 0. The van der Waals surface area contributed by atoms with Crippen molar-refractivity contribution in [3.8, 4) is 0 Å². The summed E-state index contributed by atoms with van der Waals surface area (Å²) in [6.07, 6.45) is 0. The second-order valence-electron chi connectivity index (χ2n) is 5.46. The van der Waals surface area contributed by atoms with Crippen molar-refractivity contribution in [3.63, 3.8) is 0 Å². The van der Waals surface area contributed by atoms with Crippen molar-refractivity contribution in [2.24, 2.45) is 0 Å². The first-order valence-corrected chi connectivity index (χ1v) is 8.27. The number of para-hydroxylation sites is 1. The molecule has 25 heavy (non-hydrogen) atoms. The summed E-state index contributed by atoms with van der Waals surface area (Å²) >= 11 is 3.33. The van der Waals surface area contributed by atoms with Gasteiger partial charge in [0.25, 0.3) is 0 Å². The number of hydrogen-bond acceptors (Lipinski definition) is 5. The second-order valence-corrected chi connectivity index (χ2v) is 6.37. The number of halogens is 1. The summed E-state index contributed by atoms with van der Waals surface area (Å²) in [4.78, 5) is 23.9. The van der Waals surface area contributed by atoms with E-state index in [2.05, 4.69) is 15.9 Å². The number of fused-ring (bicyclic) bond motifs is 2. The van der Waals surface area contributed by atoms with Crippen LogP contribution < -0.4 is 5.63 Å². The quantitative estimate of drug-likeness (QED) is 0.370. The fraction of sp³-hybridized carbons (Fsp3) is 0.0526. The van der Waals surface area contributed by atoms with Gasteiger partial charge >= 0.3 is 11.6 Å². The standard InChI is InChI=1S/C19H11BrO5/c20-13-5-6-14-12(8-18(21)25-16(14)9-13)10-23-19(22)17-7-11-3-1-2-4-15(11)24-17/h1-9H,10H2. The van der Waals surface area contributed by atoms with Gasteiger partial charge in [0.05, 0.1) is 0 Å². The van der Waals surface area contributed by atoms with Gasteiger partial charge in [-0.25, -0.2) is 9.59 Å². The van der Waals surface area contributed by atoms with Crippen LogP contribution in [0, 0.1) is 0 Å². The van der Waals surface area contributed by atoms with E-state index in [-0.39, 0.29) is 12.4 Å². The van der Waals surface area contributed by atoms with Gasteiger partial charge in [-0.15, -0.1) is 0 Å². The fourth-order valence-corrected chi connectivity index (χ4v) is 2.96. The minimum Gasteiger partial charge on any atom is -0.455 e. The van der Waals surface area contributed by atoms with Crippen molar-refractivity contribution in [2.75, 3.05) is 0 Å². The van der Waals surface area contributed by atoms with Crippen molar-refractivity contribution in [3.05, 3.63) is 80.8 Å². The third-order valence-corrected chi connectivity index (χ3v) is 4.27. The SMILES string of the molecule is O=C(OCc1cc(=O)oc2cc(Br)ccc12)c1cc2ccccc2o1. The lowest BCUT2D eigenvalue weighted by Gasteiger charge is -2.06. The first-order chi connectivity index (χ1) is 12.1. The molecule has 124 valence electrons. The van der Waals surface area contributed by atoms with Crippen molar-refractivity contribution in [1.29, 1.82) is 0 Å². The van der Waals surface area contributed by atoms with Crippen LogP contribution >= 0.6 is 15.9 Å². The van der Waals surface area contributed by atoms with Gasteiger partial charge in [0.1, 0.15) is 17.8 Å². The molecule has 0 aliphatic heterocycles. The van der Waals surface area contributed by atoms with E-state index in [9.17, 15) is 9.59 Å². The summed E-state index contributed by atoms with van der Waals surface area (Å²) in [6, 6.07) is 15.6. The molecular weight excluding hydrogens is 388 g/mol. The molecule has 0 aliphatic carbocycles. The Balaban J connectivity index is 1.61. The van der Waals surface area contributed by atoms with Crippen molar-refractivity contribution in [2.45, 2.75) is 6.61 Å². The third kappa shape index (κ3) is 3.08. The monoisotopic (exact) mass is 398 g/mol. The average Bonchev–Trinajstić information content (AvgIpc) is 3.03. The lowest BCUT2D eigenvalue weighted by atomic mass is 10.1. The molecule has 2 aromatic carbocycles. The number of carbonyl (C=O) groups excluding carboxylic acids is 1. The lowest BCUT2D eigenvalue weighted by Crippen LogP contribution is -2.07. The summed E-state index contributed by atoms with van der Waals surface area (Å²) in [5, 5.41) is 1.53. The lowest BCUT2D eigenvalue weighted by molar-refractivity contribution is 0.0440. The molecule has 0 spiro atoms. The van der Waals surface area contributed by atoms with Gasteiger partial charge in [-0.3, -0.25) is 0 Å². The Morgan fingerprint density at radius 1 is 1.00 bits per heavy atom. The molecule has 4 aromatic rings. The highest BCUT2D eigenvalue weighted by atomic mass is 79.9. The van der Waals surface area contributed by atoms with Crippen LogP contribution in [0.5, 0.6) is 0 Å². The van der Waals surface area contributed by atoms with Crippen LogP contribution in [0.3, 0.4) is 0 Å². The topological polar surface area (TPSA) is 69.7 Å². The van der Waals surface area contributed by atoms with Crippen LogP contribution in [0.15, 0.2) is 72.7 Å². The molecule has 0 amide bonds. The second kappa shape index (κ2) is 6.22. The predicted molar refractivity (Wildman–Crippen MR) is 95.5 cm³/mol. The number of ether oxygens (including phenoxy) is 1. The Kier molecular flexibility index (Phi) is 3.89. The van der Waals surface area contributed by atoms with E-state index in [1.165, 1.54) is 6.07 Å². The van der Waals surface area contributed by atoms with E-state index in [0.717, 1.165) is 9.86 Å². The van der Waals surface area contributed by atoms with Gasteiger partial charge in [0.2, 0.25) is 5.76 Å². The number of furan rings is 1. The minimum absolute atomic E-state index is 0.0559. The summed E-state index contributed by atoms with van der Waals surface area (Å²) in [6.45, 7) is -0.0559. The van der Waals surface area contributed by atoms with Gasteiger partial charge < -0.3 is 13.6 Å². The van der Waals surface area contributed by atoms with Crippen LogP contribution in [-0.4, -0.2) is 5.97 Å². The number of esters is 1. The Labute approximate surface area is 149 Å². The molecule has 0 unspecified atom stereocenters. The molecular formula is C19H11BrO5. The summed E-state index contributed by atoms with van der Waals surface area (Å²) in [7, 11) is 0. The molecule has 2 heterocycles. The zero-order chi connectivity index (χ0) is 17.4. The predicted octanol–water partition coefficient (Wildman–Crippen LogP) is 4.66. The highest BCUT2D eigenvalue weighted by Gasteiger charge is 2.15. The molecule has 0 radical (unpaired) electrons. The van der Waals surface area contributed by atoms with Crippen LogP contribution in [0.25, 0.3) is 21.9 Å². The zero-order valence-corrected chi connectivity index (χ0v) is 14.4. The molecule has 0 aliphatic rings. The molecule has 0 N–H and O–H groups in total. The molecule has 0 saturated heterocycles. The maximum Gasteiger partial charge on any atom is 0.374 e. The Morgan fingerprint density at radius 2 is 1.84 bits per heavy atom. The fourth-order valence-electron chi connectivity index (χ4n) is 2.62. The van der Waals surface area contributed by atoms with Crippen LogP contribution in [0.2, 0.25) is 0 Å². The van der Waals surface area contributed by atoms with E-state index in [0.29, 0.717) is 22.1 Å². The highest BCUT2D eigenvalue weighted by molar-refractivity contribution is 9.10. The van der Waals surface area contributed by atoms with Gasteiger partial charge in [0.15, 0.2) is 0 Å². The average molecular weight is 399 g/mol. The summed E-state index contributed by atoms with van der Waals surface area (Å²) in [5.41, 5.74) is 1.12. The molecule has 0 saturated carbocycles. The van der Waals surface area contributed by atoms with E-state index in [1.54, 1.807) is 24.3 Å². The van der Waals surface area contributed by atoms with Crippen LogP contribution in [0.4, 0.5) is 0 Å².